The van der Waals surface area contributed by atoms with Crippen molar-refractivity contribution in [3.8, 4) is 0 Å². The van der Waals surface area contributed by atoms with Crippen molar-refractivity contribution in [1.82, 2.24) is 0 Å². The summed E-state index contributed by atoms with van der Waals surface area (Å²) in [6.07, 6.45) is 10.3. The van der Waals surface area contributed by atoms with Crippen molar-refractivity contribution in [2.45, 2.75) is 26.2 Å². The Kier molecular flexibility index (Phi) is 4.28. The number of hydrogen-bond acceptors (Lipinski definition) is 3. The highest BCUT2D eigenvalue weighted by molar-refractivity contribution is 5.81. The topological polar surface area (TPSA) is 43.4 Å². The van der Waals surface area contributed by atoms with Gasteiger partial charge in [-0.1, -0.05) is 18.2 Å². The molecular weight excluding hydrogens is 192 g/mol. The van der Waals surface area contributed by atoms with E-state index in [0.29, 0.717) is 13.0 Å². The van der Waals surface area contributed by atoms with Crippen LogP contribution < -0.4 is 0 Å². The summed E-state index contributed by atoms with van der Waals surface area (Å²) in [6, 6.07) is 0. The highest BCUT2D eigenvalue weighted by Gasteiger charge is 2.28. The zero-order chi connectivity index (χ0) is 11.1. The van der Waals surface area contributed by atoms with E-state index in [-0.39, 0.29) is 11.4 Å². The van der Waals surface area contributed by atoms with Gasteiger partial charge in [0, 0.05) is 11.5 Å². The Balaban J connectivity index is 2.41. The largest absolute Gasteiger partial charge is 0.463 e. The number of hydrogen-bond donors (Lipinski definition) is 0. The van der Waals surface area contributed by atoms with Crippen LogP contribution in [0.25, 0.3) is 0 Å². The van der Waals surface area contributed by atoms with Gasteiger partial charge in [-0.2, -0.15) is 0 Å². The molecule has 0 heterocycles. The highest BCUT2D eigenvalue weighted by Crippen LogP contribution is 2.34. The Morgan fingerprint density at radius 1 is 1.47 bits per heavy atom. The molecule has 0 aliphatic heterocycles. The molecule has 3 heteroatoms. The monoisotopic (exact) mass is 208 g/mol. The third-order valence-corrected chi connectivity index (χ3v) is 2.53. The summed E-state index contributed by atoms with van der Waals surface area (Å²) in [5.74, 6) is -0.343. The van der Waals surface area contributed by atoms with Crippen molar-refractivity contribution >= 4 is 12.3 Å². The molecule has 0 atom stereocenters. The lowest BCUT2D eigenvalue weighted by Gasteiger charge is -2.18. The van der Waals surface area contributed by atoms with E-state index < -0.39 is 0 Å². The molecule has 0 aromatic rings. The van der Waals surface area contributed by atoms with Gasteiger partial charge in [0.25, 0.3) is 0 Å². The van der Waals surface area contributed by atoms with Gasteiger partial charge < -0.3 is 9.53 Å². The van der Waals surface area contributed by atoms with Gasteiger partial charge in [-0.3, -0.25) is 0 Å². The zero-order valence-electron chi connectivity index (χ0n) is 8.94. The van der Waals surface area contributed by atoms with Crippen LogP contribution >= 0.6 is 0 Å². The Labute approximate surface area is 89.8 Å². The minimum Gasteiger partial charge on any atom is -0.463 e. The molecule has 0 aromatic heterocycles. The molecule has 1 rings (SSSR count). The van der Waals surface area contributed by atoms with Gasteiger partial charge in [-0.25, -0.2) is 4.79 Å². The average molecular weight is 208 g/mol. The summed E-state index contributed by atoms with van der Waals surface area (Å²) in [4.78, 5) is 21.9. The molecule has 0 fully saturated rings. The molecule has 0 spiro atoms. The first kappa shape index (κ1) is 11.7. The van der Waals surface area contributed by atoms with Gasteiger partial charge in [-0.15, -0.1) is 0 Å². The fraction of sp³-hybridized carbons (Fsp3) is 0.500. The predicted octanol–water partition coefficient (Wildman–Crippen LogP) is 2.03. The lowest BCUT2D eigenvalue weighted by molar-refractivity contribution is -0.137. The van der Waals surface area contributed by atoms with E-state index in [1.165, 1.54) is 6.08 Å². The van der Waals surface area contributed by atoms with Crippen molar-refractivity contribution in [1.29, 1.82) is 0 Å². The van der Waals surface area contributed by atoms with Gasteiger partial charge in [-0.05, 0) is 26.2 Å². The Morgan fingerprint density at radius 2 is 2.13 bits per heavy atom. The molecular formula is C12H16O3. The van der Waals surface area contributed by atoms with E-state index in [4.69, 9.17) is 4.74 Å². The zero-order valence-corrected chi connectivity index (χ0v) is 8.94. The molecule has 0 saturated heterocycles. The maximum atomic E-state index is 11.0. The van der Waals surface area contributed by atoms with Gasteiger partial charge in [0.05, 0.1) is 6.61 Å². The van der Waals surface area contributed by atoms with Crippen molar-refractivity contribution in [3.05, 3.63) is 24.3 Å². The molecule has 0 N–H and O–H groups in total. The number of carbonyl (C=O) groups excluding carboxylic acids is 2. The molecule has 0 unspecified atom stereocenters. The van der Waals surface area contributed by atoms with Gasteiger partial charge in [0.2, 0.25) is 0 Å². The van der Waals surface area contributed by atoms with Gasteiger partial charge in [0.15, 0.2) is 0 Å². The molecule has 15 heavy (non-hydrogen) atoms. The second-order valence-corrected chi connectivity index (χ2v) is 3.72. The average Bonchev–Trinajstić information content (AvgIpc) is 2.68. The lowest BCUT2D eigenvalue weighted by Crippen LogP contribution is -2.17. The van der Waals surface area contributed by atoms with Crippen LogP contribution in [-0.4, -0.2) is 18.9 Å². The maximum absolute atomic E-state index is 11.0. The Morgan fingerprint density at radius 3 is 2.67 bits per heavy atom. The van der Waals surface area contributed by atoms with E-state index >= 15 is 0 Å². The van der Waals surface area contributed by atoms with Crippen molar-refractivity contribution in [2.24, 2.45) is 5.41 Å². The van der Waals surface area contributed by atoms with Crippen LogP contribution in [0, 0.1) is 5.41 Å². The van der Waals surface area contributed by atoms with E-state index in [2.05, 4.69) is 0 Å². The molecule has 3 nitrogen and oxygen atoms in total. The van der Waals surface area contributed by atoms with Crippen LogP contribution in [0.4, 0.5) is 0 Å². The van der Waals surface area contributed by atoms with Crippen LogP contribution in [0.3, 0.4) is 0 Å². The number of aldehydes is 1. The van der Waals surface area contributed by atoms with Crippen LogP contribution in [-0.2, 0) is 14.3 Å². The van der Waals surface area contributed by atoms with Crippen molar-refractivity contribution < 1.29 is 14.3 Å². The minimum atomic E-state index is -0.343. The third-order valence-electron chi connectivity index (χ3n) is 2.53. The SMILES string of the molecule is CCOC(=O)/C=C/CC1(C=O)CC=CC1. The molecule has 1 aliphatic rings. The molecule has 1 aliphatic carbocycles. The van der Waals surface area contributed by atoms with Gasteiger partial charge in [0.1, 0.15) is 6.29 Å². The summed E-state index contributed by atoms with van der Waals surface area (Å²) in [7, 11) is 0. The van der Waals surface area contributed by atoms with E-state index in [1.807, 2.05) is 12.2 Å². The fourth-order valence-corrected chi connectivity index (χ4v) is 1.61. The van der Waals surface area contributed by atoms with E-state index in [0.717, 1.165) is 19.1 Å². The summed E-state index contributed by atoms with van der Waals surface area (Å²) in [6.45, 7) is 2.14. The van der Waals surface area contributed by atoms with Crippen LogP contribution in [0.2, 0.25) is 0 Å². The quantitative estimate of drug-likeness (QED) is 0.300. The number of ether oxygens (including phenoxy) is 1. The Bertz CT molecular complexity index is 281. The minimum absolute atomic E-state index is 0.316. The van der Waals surface area contributed by atoms with Crippen molar-refractivity contribution in [3.63, 3.8) is 0 Å². The first-order valence-electron chi connectivity index (χ1n) is 5.17. The summed E-state index contributed by atoms with van der Waals surface area (Å²) < 4.78 is 4.74. The smallest absolute Gasteiger partial charge is 0.330 e. The van der Waals surface area contributed by atoms with Crippen LogP contribution in [0.15, 0.2) is 24.3 Å². The molecule has 0 saturated carbocycles. The second kappa shape index (κ2) is 5.49. The van der Waals surface area contributed by atoms with E-state index in [9.17, 15) is 9.59 Å². The molecule has 0 bridgehead atoms. The first-order chi connectivity index (χ1) is 7.22. The first-order valence-corrected chi connectivity index (χ1v) is 5.17. The maximum Gasteiger partial charge on any atom is 0.330 e. The highest BCUT2D eigenvalue weighted by atomic mass is 16.5. The standard InChI is InChI=1S/C12H16O3/c1-2-15-11(14)6-5-9-12(10-13)7-3-4-8-12/h3-6,10H,2,7-9H2,1H3/b6-5+. The molecule has 82 valence electrons. The number of rotatable bonds is 5. The number of esters is 1. The molecule has 0 aromatic carbocycles. The van der Waals surface area contributed by atoms with Crippen LogP contribution in [0.5, 0.6) is 0 Å². The summed E-state index contributed by atoms with van der Waals surface area (Å²) >= 11 is 0. The predicted molar refractivity (Wildman–Crippen MR) is 57.3 cm³/mol. The molecule has 0 amide bonds. The third kappa shape index (κ3) is 3.35. The van der Waals surface area contributed by atoms with Crippen molar-refractivity contribution in [2.75, 3.05) is 6.61 Å². The lowest BCUT2D eigenvalue weighted by atomic mass is 9.83. The summed E-state index contributed by atoms with van der Waals surface area (Å²) in [5, 5.41) is 0. The summed E-state index contributed by atoms with van der Waals surface area (Å²) in [5.41, 5.74) is -0.316. The molecule has 0 radical (unpaired) electrons. The second-order valence-electron chi connectivity index (χ2n) is 3.72. The Hall–Kier alpha value is -1.38. The van der Waals surface area contributed by atoms with Gasteiger partial charge >= 0.3 is 5.97 Å². The fourth-order valence-electron chi connectivity index (χ4n) is 1.61. The normalized spacial score (nSPS) is 18.2. The van der Waals surface area contributed by atoms with Crippen LogP contribution in [0.1, 0.15) is 26.2 Å². The van der Waals surface area contributed by atoms with E-state index in [1.54, 1.807) is 13.0 Å². The number of allylic oxidation sites excluding steroid dienone is 3. The number of carbonyl (C=O) groups is 2.